The standard InChI is InChI=1S/C22H21F4N5O3/c1-28-20(32)18-12-30(21(33)29-14-4-6-19(34-2)17(23)9-14)7-8-31(18)15-5-3-13(11-27)16(10-15)22(24,25)26/h3-6,9-10,18H,7-8,12H2,1-2H3,(H,28,32)(H,29,33). The van der Waals surface area contributed by atoms with Gasteiger partial charge in [-0.1, -0.05) is 0 Å². The number of amides is 3. The highest BCUT2D eigenvalue weighted by atomic mass is 19.4. The number of hydrogen-bond donors (Lipinski definition) is 2. The number of ether oxygens (including phenoxy) is 1. The maximum absolute atomic E-state index is 13.9. The lowest BCUT2D eigenvalue weighted by Gasteiger charge is -2.41. The number of methoxy groups -OCH3 is 1. The quantitative estimate of drug-likeness (QED) is 0.657. The van der Waals surface area contributed by atoms with Crippen molar-refractivity contribution in [2.75, 3.05) is 44.0 Å². The molecule has 1 atom stereocenters. The normalized spacial score (nSPS) is 16.0. The third-order valence-corrected chi connectivity index (χ3v) is 5.38. The zero-order valence-corrected chi connectivity index (χ0v) is 18.2. The summed E-state index contributed by atoms with van der Waals surface area (Å²) in [5.74, 6) is -1.17. The molecule has 1 unspecified atom stereocenters. The van der Waals surface area contributed by atoms with E-state index in [1.807, 2.05) is 0 Å². The van der Waals surface area contributed by atoms with E-state index in [1.165, 1.54) is 48.2 Å². The van der Waals surface area contributed by atoms with Crippen LogP contribution >= 0.6 is 0 Å². The molecular formula is C22H21F4N5O3. The molecule has 1 saturated heterocycles. The first-order valence-corrected chi connectivity index (χ1v) is 10.1. The van der Waals surface area contributed by atoms with Crippen molar-refractivity contribution in [3.05, 3.63) is 53.3 Å². The Morgan fingerprint density at radius 3 is 2.50 bits per heavy atom. The van der Waals surface area contributed by atoms with Gasteiger partial charge in [-0.05, 0) is 30.3 Å². The summed E-state index contributed by atoms with van der Waals surface area (Å²) in [6, 6.07) is 7.01. The van der Waals surface area contributed by atoms with Crippen LogP contribution in [0.2, 0.25) is 0 Å². The second kappa shape index (κ2) is 9.86. The predicted molar refractivity (Wildman–Crippen MR) is 115 cm³/mol. The van der Waals surface area contributed by atoms with Gasteiger partial charge in [-0.3, -0.25) is 4.79 Å². The fourth-order valence-corrected chi connectivity index (χ4v) is 3.66. The third-order valence-electron chi connectivity index (χ3n) is 5.38. The van der Waals surface area contributed by atoms with Crippen molar-refractivity contribution in [3.63, 3.8) is 0 Å². The zero-order valence-electron chi connectivity index (χ0n) is 18.2. The smallest absolute Gasteiger partial charge is 0.417 e. The van der Waals surface area contributed by atoms with Crippen LogP contribution in [-0.4, -0.2) is 56.7 Å². The lowest BCUT2D eigenvalue weighted by atomic mass is 10.0. The number of hydrogen-bond acceptors (Lipinski definition) is 5. The Morgan fingerprint density at radius 2 is 1.91 bits per heavy atom. The van der Waals surface area contributed by atoms with E-state index in [0.29, 0.717) is 0 Å². The molecular weight excluding hydrogens is 458 g/mol. The molecule has 2 aromatic rings. The number of rotatable bonds is 4. The fourth-order valence-electron chi connectivity index (χ4n) is 3.66. The van der Waals surface area contributed by atoms with Crippen LogP contribution in [0.3, 0.4) is 0 Å². The molecule has 1 aliphatic rings. The summed E-state index contributed by atoms with van der Waals surface area (Å²) in [5, 5.41) is 14.0. The monoisotopic (exact) mass is 479 g/mol. The minimum atomic E-state index is -4.75. The van der Waals surface area contributed by atoms with Gasteiger partial charge in [0.15, 0.2) is 11.6 Å². The lowest BCUT2D eigenvalue weighted by Crippen LogP contribution is -2.60. The molecule has 2 aromatic carbocycles. The van der Waals surface area contributed by atoms with Gasteiger partial charge in [-0.25, -0.2) is 9.18 Å². The second-order valence-electron chi connectivity index (χ2n) is 7.39. The van der Waals surface area contributed by atoms with Gasteiger partial charge in [-0.15, -0.1) is 0 Å². The number of halogens is 4. The largest absolute Gasteiger partial charge is 0.494 e. The minimum Gasteiger partial charge on any atom is -0.494 e. The van der Waals surface area contributed by atoms with Crippen molar-refractivity contribution in [1.29, 1.82) is 5.26 Å². The van der Waals surface area contributed by atoms with Crippen molar-refractivity contribution in [2.24, 2.45) is 0 Å². The molecule has 3 rings (SSSR count). The van der Waals surface area contributed by atoms with E-state index < -0.39 is 41.1 Å². The number of carbonyl (C=O) groups is 2. The van der Waals surface area contributed by atoms with Crippen molar-refractivity contribution >= 4 is 23.3 Å². The van der Waals surface area contributed by atoms with E-state index in [9.17, 15) is 27.2 Å². The van der Waals surface area contributed by atoms with E-state index >= 15 is 0 Å². The Labute approximate surface area is 192 Å². The maximum atomic E-state index is 13.9. The van der Waals surface area contributed by atoms with Crippen LogP contribution in [0.25, 0.3) is 0 Å². The average Bonchev–Trinajstić information content (AvgIpc) is 2.82. The molecule has 2 N–H and O–H groups in total. The van der Waals surface area contributed by atoms with E-state index in [4.69, 9.17) is 10.00 Å². The summed E-state index contributed by atoms with van der Waals surface area (Å²) in [6.07, 6.45) is -4.75. The molecule has 1 heterocycles. The molecule has 0 radical (unpaired) electrons. The van der Waals surface area contributed by atoms with Crippen LogP contribution in [0.4, 0.5) is 33.7 Å². The SMILES string of the molecule is CNC(=O)C1CN(C(=O)Nc2ccc(OC)c(F)c2)CCN1c1ccc(C#N)c(C(F)(F)F)c1. The number of anilines is 2. The number of piperazine rings is 1. The number of alkyl halides is 3. The Balaban J connectivity index is 1.83. The topological polar surface area (TPSA) is 97.7 Å². The van der Waals surface area contributed by atoms with Crippen molar-refractivity contribution in [1.82, 2.24) is 10.2 Å². The minimum absolute atomic E-state index is 0.00642. The van der Waals surface area contributed by atoms with Crippen LogP contribution in [-0.2, 0) is 11.0 Å². The van der Waals surface area contributed by atoms with E-state index in [-0.39, 0.29) is 36.8 Å². The molecule has 180 valence electrons. The van der Waals surface area contributed by atoms with Gasteiger partial charge in [0.1, 0.15) is 6.04 Å². The lowest BCUT2D eigenvalue weighted by molar-refractivity contribution is -0.137. The van der Waals surface area contributed by atoms with Gasteiger partial charge in [0.05, 0.1) is 30.9 Å². The summed E-state index contributed by atoms with van der Waals surface area (Å²) >= 11 is 0. The Hall–Kier alpha value is -4.01. The maximum Gasteiger partial charge on any atom is 0.417 e. The molecule has 0 aliphatic carbocycles. The molecule has 1 fully saturated rings. The molecule has 0 bridgehead atoms. The van der Waals surface area contributed by atoms with Gasteiger partial charge in [-0.2, -0.15) is 18.4 Å². The fraction of sp³-hybridized carbons (Fsp3) is 0.318. The molecule has 34 heavy (non-hydrogen) atoms. The highest BCUT2D eigenvalue weighted by molar-refractivity contribution is 5.91. The van der Waals surface area contributed by atoms with Crippen molar-refractivity contribution < 1.29 is 31.9 Å². The average molecular weight is 479 g/mol. The first-order valence-electron chi connectivity index (χ1n) is 10.1. The Bertz CT molecular complexity index is 1130. The summed E-state index contributed by atoms with van der Waals surface area (Å²) < 4.78 is 59.0. The summed E-state index contributed by atoms with van der Waals surface area (Å²) in [6.45, 7) is -0.00348. The Kier molecular flexibility index (Phi) is 7.14. The first kappa shape index (κ1) is 24.6. The highest BCUT2D eigenvalue weighted by Crippen LogP contribution is 2.35. The Morgan fingerprint density at radius 1 is 1.18 bits per heavy atom. The van der Waals surface area contributed by atoms with Gasteiger partial charge in [0.25, 0.3) is 0 Å². The number of nitriles is 1. The van der Waals surface area contributed by atoms with E-state index in [0.717, 1.165) is 18.2 Å². The number of nitrogens with one attached hydrogen (secondary N) is 2. The van der Waals surface area contributed by atoms with Crippen molar-refractivity contribution in [3.8, 4) is 11.8 Å². The highest BCUT2D eigenvalue weighted by Gasteiger charge is 2.37. The van der Waals surface area contributed by atoms with Gasteiger partial charge < -0.3 is 25.2 Å². The molecule has 1 aliphatic heterocycles. The summed E-state index contributed by atoms with van der Waals surface area (Å²) in [5.41, 5.74) is -1.37. The number of likely N-dealkylation sites (N-methyl/N-ethyl adjacent to an activating group) is 1. The van der Waals surface area contributed by atoms with E-state index in [2.05, 4.69) is 10.6 Å². The van der Waals surface area contributed by atoms with Crippen LogP contribution in [0, 0.1) is 17.1 Å². The van der Waals surface area contributed by atoms with Crippen LogP contribution in [0.5, 0.6) is 5.75 Å². The summed E-state index contributed by atoms with van der Waals surface area (Å²) in [7, 11) is 2.68. The molecule has 3 amide bonds. The van der Waals surface area contributed by atoms with Gasteiger partial charge >= 0.3 is 12.2 Å². The molecule has 0 spiro atoms. The number of benzene rings is 2. The van der Waals surface area contributed by atoms with Crippen LogP contribution in [0.15, 0.2) is 36.4 Å². The third kappa shape index (κ3) is 5.14. The number of urea groups is 1. The van der Waals surface area contributed by atoms with E-state index in [1.54, 1.807) is 0 Å². The predicted octanol–water partition coefficient (Wildman–Crippen LogP) is 3.19. The number of nitrogens with zero attached hydrogens (tertiary/aromatic N) is 3. The zero-order chi connectivity index (χ0) is 25.0. The second-order valence-corrected chi connectivity index (χ2v) is 7.39. The van der Waals surface area contributed by atoms with Crippen molar-refractivity contribution in [2.45, 2.75) is 12.2 Å². The molecule has 12 heteroatoms. The molecule has 0 aromatic heterocycles. The summed E-state index contributed by atoms with van der Waals surface area (Å²) in [4.78, 5) is 28.0. The molecule has 0 saturated carbocycles. The van der Waals surface area contributed by atoms with Crippen LogP contribution in [0.1, 0.15) is 11.1 Å². The molecule has 8 nitrogen and oxygen atoms in total. The van der Waals surface area contributed by atoms with Gasteiger partial charge in [0, 0.05) is 37.6 Å². The van der Waals surface area contributed by atoms with Gasteiger partial charge in [0.2, 0.25) is 5.91 Å². The van der Waals surface area contributed by atoms with Crippen LogP contribution < -0.4 is 20.3 Å². The number of carbonyl (C=O) groups excluding carboxylic acids is 2. The first-order chi connectivity index (χ1) is 16.1.